The zero-order chi connectivity index (χ0) is 21.7. The molecule has 0 fully saturated rings. The number of halogens is 1. The number of benzene rings is 2. The Morgan fingerprint density at radius 3 is 2.60 bits per heavy atom. The molecule has 0 amide bonds. The number of rotatable bonds is 8. The van der Waals surface area contributed by atoms with Gasteiger partial charge in [-0.15, -0.1) is 11.3 Å². The predicted octanol–water partition coefficient (Wildman–Crippen LogP) is 5.01. The molecule has 0 aliphatic rings. The Balaban J connectivity index is 2.09. The largest absolute Gasteiger partial charge is 0.755 e. The summed E-state index contributed by atoms with van der Waals surface area (Å²) in [5, 5.41) is 2.30. The molecular formula is C22H21ClNO4S2-. The van der Waals surface area contributed by atoms with Gasteiger partial charge in [-0.3, -0.25) is 8.51 Å². The summed E-state index contributed by atoms with van der Waals surface area (Å²) in [6.45, 7) is 1.95. The molecule has 0 spiro atoms. The molecule has 2 aromatic carbocycles. The van der Waals surface area contributed by atoms with Gasteiger partial charge in [-0.25, -0.2) is 4.79 Å². The molecule has 1 heterocycles. The van der Waals surface area contributed by atoms with Crippen molar-refractivity contribution in [3.63, 3.8) is 0 Å². The third kappa shape index (κ3) is 5.10. The van der Waals surface area contributed by atoms with E-state index in [1.165, 1.54) is 12.0 Å². The van der Waals surface area contributed by atoms with Crippen LogP contribution in [0.15, 0.2) is 60.0 Å². The van der Waals surface area contributed by atoms with Crippen molar-refractivity contribution < 1.29 is 18.3 Å². The van der Waals surface area contributed by atoms with E-state index in [0.717, 1.165) is 21.9 Å². The van der Waals surface area contributed by atoms with E-state index < -0.39 is 23.3 Å². The summed E-state index contributed by atoms with van der Waals surface area (Å²) in [6, 6.07) is 15.0. The van der Waals surface area contributed by atoms with Gasteiger partial charge in [0.2, 0.25) is 0 Å². The van der Waals surface area contributed by atoms with Crippen LogP contribution in [-0.2, 0) is 33.6 Å². The van der Waals surface area contributed by atoms with E-state index in [0.29, 0.717) is 17.7 Å². The third-order valence-electron chi connectivity index (χ3n) is 4.71. The van der Waals surface area contributed by atoms with Gasteiger partial charge in [0.25, 0.3) is 0 Å². The fourth-order valence-corrected chi connectivity index (χ4v) is 4.96. The number of aryl methyl sites for hydroxylation is 3. The Hall–Kier alpha value is -2.19. The zero-order valence-corrected chi connectivity index (χ0v) is 18.9. The molecule has 0 radical (unpaired) electrons. The minimum Gasteiger partial charge on any atom is -0.755 e. The van der Waals surface area contributed by atoms with Crippen LogP contribution in [-0.4, -0.2) is 21.8 Å². The first-order valence-corrected chi connectivity index (χ1v) is 11.5. The molecule has 2 atom stereocenters. The maximum absolute atomic E-state index is 12.7. The molecule has 0 N–H and O–H groups in total. The first-order valence-electron chi connectivity index (χ1n) is 9.25. The molecule has 0 aliphatic carbocycles. The van der Waals surface area contributed by atoms with Gasteiger partial charge < -0.3 is 9.29 Å². The minimum atomic E-state index is -2.75. The fraction of sp³-hybridized carbons (Fsp3) is 0.227. The molecule has 158 valence electrons. The number of thiophene rings is 1. The molecule has 0 aliphatic heterocycles. The summed E-state index contributed by atoms with van der Waals surface area (Å²) >= 11 is 5.22. The highest BCUT2D eigenvalue weighted by Gasteiger charge is 2.33. The predicted molar refractivity (Wildman–Crippen MR) is 121 cm³/mol. The molecule has 0 saturated heterocycles. The molecule has 0 bridgehead atoms. The van der Waals surface area contributed by atoms with E-state index in [1.807, 2.05) is 36.6 Å². The van der Waals surface area contributed by atoms with E-state index in [4.69, 9.17) is 16.3 Å². The summed E-state index contributed by atoms with van der Waals surface area (Å²) in [4.78, 5) is 13.9. The van der Waals surface area contributed by atoms with Gasteiger partial charge in [-0.05, 0) is 48.9 Å². The SMILES string of the molecule is COC(=O)[C@H](c1ccccc1Cl)N(c1ccc(C)cc1CCc1cccs1)S(=O)[O-]. The average Bonchev–Trinajstić information content (AvgIpc) is 3.25. The van der Waals surface area contributed by atoms with Crippen molar-refractivity contribution >= 4 is 45.9 Å². The molecule has 8 heteroatoms. The fourth-order valence-electron chi connectivity index (χ4n) is 3.31. The second-order valence-electron chi connectivity index (χ2n) is 6.70. The molecule has 1 unspecified atom stereocenters. The lowest BCUT2D eigenvalue weighted by Gasteiger charge is -2.35. The van der Waals surface area contributed by atoms with Crippen LogP contribution in [0.25, 0.3) is 0 Å². The number of ether oxygens (including phenoxy) is 1. The van der Waals surface area contributed by atoms with Crippen molar-refractivity contribution in [2.24, 2.45) is 0 Å². The standard InChI is InChI=1S/C22H22ClNO4S2/c1-15-9-12-20(16(14-15)10-11-17-6-5-13-29-17)24(30(26)27)21(22(25)28-2)18-7-3-4-8-19(18)23/h3-9,12-14,21H,10-11H2,1-2H3,(H,26,27)/p-1/t21-/m0/s1. The maximum Gasteiger partial charge on any atom is 0.334 e. The first kappa shape index (κ1) is 22.5. The van der Waals surface area contributed by atoms with Gasteiger partial charge >= 0.3 is 5.97 Å². The number of nitrogens with zero attached hydrogens (tertiary/aromatic N) is 1. The number of esters is 1. The number of carbonyl (C=O) groups is 1. The van der Waals surface area contributed by atoms with Crippen molar-refractivity contribution in [2.45, 2.75) is 25.8 Å². The van der Waals surface area contributed by atoms with Crippen LogP contribution in [0.5, 0.6) is 0 Å². The highest BCUT2D eigenvalue weighted by molar-refractivity contribution is 7.80. The van der Waals surface area contributed by atoms with Gasteiger partial charge in [0.05, 0.1) is 12.8 Å². The molecular weight excluding hydrogens is 442 g/mol. The normalized spacial score (nSPS) is 12.9. The summed E-state index contributed by atoms with van der Waals surface area (Å²) in [5.74, 6) is -0.711. The Morgan fingerprint density at radius 2 is 1.97 bits per heavy atom. The molecule has 1 aromatic heterocycles. The van der Waals surface area contributed by atoms with Crippen molar-refractivity contribution in [1.82, 2.24) is 0 Å². The molecule has 3 aromatic rings. The second kappa shape index (κ2) is 10.2. The smallest absolute Gasteiger partial charge is 0.334 e. The molecule has 3 rings (SSSR count). The number of methoxy groups -OCH3 is 1. The second-order valence-corrected chi connectivity index (χ2v) is 8.97. The van der Waals surface area contributed by atoms with Crippen molar-refractivity contribution in [1.29, 1.82) is 0 Å². The van der Waals surface area contributed by atoms with Gasteiger partial charge in [0.15, 0.2) is 6.04 Å². The molecule has 5 nitrogen and oxygen atoms in total. The lowest BCUT2D eigenvalue weighted by Crippen LogP contribution is -2.37. The third-order valence-corrected chi connectivity index (χ3v) is 6.72. The zero-order valence-electron chi connectivity index (χ0n) is 16.5. The van der Waals surface area contributed by atoms with Crippen LogP contribution in [0.2, 0.25) is 5.02 Å². The van der Waals surface area contributed by atoms with Crippen LogP contribution in [0.1, 0.15) is 27.6 Å². The van der Waals surface area contributed by atoms with E-state index in [2.05, 4.69) is 0 Å². The summed E-state index contributed by atoms with van der Waals surface area (Å²) < 4.78 is 30.8. The molecule has 30 heavy (non-hydrogen) atoms. The summed E-state index contributed by atoms with van der Waals surface area (Å²) in [7, 11) is 1.23. The van der Waals surface area contributed by atoms with Crippen LogP contribution >= 0.6 is 22.9 Å². The summed E-state index contributed by atoms with van der Waals surface area (Å²) in [5.41, 5.74) is 2.62. The van der Waals surface area contributed by atoms with Crippen molar-refractivity contribution in [2.75, 3.05) is 11.4 Å². The van der Waals surface area contributed by atoms with Crippen molar-refractivity contribution in [3.05, 3.63) is 86.6 Å². The Labute approximate surface area is 187 Å². The van der Waals surface area contributed by atoms with Crippen LogP contribution in [0.3, 0.4) is 0 Å². The van der Waals surface area contributed by atoms with E-state index >= 15 is 0 Å². The highest BCUT2D eigenvalue weighted by Crippen LogP contribution is 2.36. The lowest BCUT2D eigenvalue weighted by molar-refractivity contribution is -0.142. The van der Waals surface area contributed by atoms with E-state index in [9.17, 15) is 13.6 Å². The quantitative estimate of drug-likeness (QED) is 0.348. The Kier molecular flexibility index (Phi) is 7.66. The van der Waals surface area contributed by atoms with Crippen molar-refractivity contribution in [3.8, 4) is 0 Å². The average molecular weight is 463 g/mol. The number of hydrogen-bond acceptors (Lipinski definition) is 5. The molecule has 0 saturated carbocycles. The maximum atomic E-state index is 12.7. The van der Waals surface area contributed by atoms with Crippen LogP contribution in [0, 0.1) is 6.92 Å². The first-order chi connectivity index (χ1) is 14.4. The number of hydrogen-bond donors (Lipinski definition) is 0. The number of carbonyl (C=O) groups excluding carboxylic acids is 1. The van der Waals surface area contributed by atoms with Gasteiger partial charge in [0.1, 0.15) is 0 Å². The Morgan fingerprint density at radius 1 is 1.20 bits per heavy atom. The van der Waals surface area contributed by atoms with Crippen LogP contribution < -0.4 is 4.31 Å². The van der Waals surface area contributed by atoms with Gasteiger partial charge in [-0.1, -0.05) is 53.6 Å². The van der Waals surface area contributed by atoms with Crippen LogP contribution in [0.4, 0.5) is 5.69 Å². The minimum absolute atomic E-state index is 0.288. The number of anilines is 1. The van der Waals surface area contributed by atoms with E-state index in [-0.39, 0.29) is 5.02 Å². The van der Waals surface area contributed by atoms with Gasteiger partial charge in [0, 0.05) is 26.7 Å². The van der Waals surface area contributed by atoms with Gasteiger partial charge in [-0.2, -0.15) is 0 Å². The topological polar surface area (TPSA) is 69.7 Å². The summed E-state index contributed by atoms with van der Waals surface area (Å²) in [6.07, 6.45) is 1.39. The monoisotopic (exact) mass is 462 g/mol. The lowest BCUT2D eigenvalue weighted by atomic mass is 10.0. The van der Waals surface area contributed by atoms with E-state index in [1.54, 1.807) is 41.7 Å². The highest BCUT2D eigenvalue weighted by atomic mass is 35.5. The Bertz CT molecular complexity index is 1040.